The Kier molecular flexibility index (Phi) is 6.62. The summed E-state index contributed by atoms with van der Waals surface area (Å²) in [7, 11) is 0. The van der Waals surface area contributed by atoms with Gasteiger partial charge in [-0.05, 0) is 42.8 Å². The number of nitrogens with one attached hydrogen (secondary N) is 3. The summed E-state index contributed by atoms with van der Waals surface area (Å²) in [6.45, 7) is 0. The van der Waals surface area contributed by atoms with Crippen LogP contribution in [0.5, 0.6) is 0 Å². The van der Waals surface area contributed by atoms with Crippen molar-refractivity contribution in [3.8, 4) is 0 Å². The second-order valence-electron chi connectivity index (χ2n) is 7.67. The number of hydrogen-bond donors (Lipinski definition) is 4. The number of fused-ring (bicyclic) bond motifs is 1. The largest absolute Gasteiger partial charge is 0.477 e. The van der Waals surface area contributed by atoms with E-state index in [-0.39, 0.29) is 15.8 Å². The molecule has 10 heteroatoms. The van der Waals surface area contributed by atoms with E-state index in [0.29, 0.717) is 18.4 Å². The Labute approximate surface area is 200 Å². The van der Waals surface area contributed by atoms with Gasteiger partial charge in [0.05, 0.1) is 6.04 Å². The van der Waals surface area contributed by atoms with E-state index in [9.17, 15) is 19.5 Å². The Hall–Kier alpha value is -3.43. The SMILES string of the molecule is O=C(O)C1=C(Cl)CC[C@@H]2[C@H](NC(=O)C(NC(=S)Nc3ccccc3)c3ccccc3)C(=O)N12. The van der Waals surface area contributed by atoms with E-state index in [4.69, 9.17) is 23.8 Å². The Morgan fingerprint density at radius 1 is 1.09 bits per heavy atom. The van der Waals surface area contributed by atoms with E-state index < -0.39 is 35.9 Å². The molecule has 2 aliphatic rings. The highest BCUT2D eigenvalue weighted by Gasteiger charge is 2.53. The maximum absolute atomic E-state index is 13.2. The number of amides is 2. The van der Waals surface area contributed by atoms with E-state index in [1.54, 1.807) is 24.3 Å². The molecule has 0 radical (unpaired) electrons. The first kappa shape index (κ1) is 22.8. The minimum atomic E-state index is -1.26. The van der Waals surface area contributed by atoms with Crippen molar-refractivity contribution in [1.29, 1.82) is 0 Å². The molecule has 170 valence electrons. The molecular weight excluding hydrogens is 464 g/mol. The van der Waals surface area contributed by atoms with Crippen LogP contribution in [0.1, 0.15) is 24.4 Å². The summed E-state index contributed by atoms with van der Waals surface area (Å²) in [6.07, 6.45) is 0.791. The number of carboxylic acids is 1. The second kappa shape index (κ2) is 9.60. The summed E-state index contributed by atoms with van der Waals surface area (Å²) in [5.41, 5.74) is 1.21. The highest BCUT2D eigenvalue weighted by Crippen LogP contribution is 2.38. The zero-order valence-corrected chi connectivity index (χ0v) is 18.9. The summed E-state index contributed by atoms with van der Waals surface area (Å²) >= 11 is 11.4. The predicted octanol–water partition coefficient (Wildman–Crippen LogP) is 2.74. The molecule has 2 aliphatic heterocycles. The molecule has 8 nitrogen and oxygen atoms in total. The Morgan fingerprint density at radius 2 is 1.73 bits per heavy atom. The minimum absolute atomic E-state index is 0.137. The maximum atomic E-state index is 13.2. The minimum Gasteiger partial charge on any atom is -0.477 e. The van der Waals surface area contributed by atoms with E-state index in [0.717, 1.165) is 10.6 Å². The molecule has 1 saturated heterocycles. The molecule has 2 aromatic rings. The van der Waals surface area contributed by atoms with Crippen molar-refractivity contribution in [1.82, 2.24) is 15.5 Å². The van der Waals surface area contributed by atoms with Gasteiger partial charge in [0.15, 0.2) is 5.11 Å². The number of rotatable bonds is 6. The van der Waals surface area contributed by atoms with Gasteiger partial charge in [0.1, 0.15) is 17.8 Å². The summed E-state index contributed by atoms with van der Waals surface area (Å²) in [6, 6.07) is 16.1. The lowest BCUT2D eigenvalue weighted by molar-refractivity contribution is -0.156. The third-order valence-corrected chi connectivity index (χ3v) is 6.17. The molecule has 4 rings (SSSR count). The molecular formula is C23H21ClN4O4S. The van der Waals surface area contributed by atoms with Crippen LogP contribution in [0, 0.1) is 0 Å². The molecule has 0 spiro atoms. The molecule has 1 fully saturated rings. The van der Waals surface area contributed by atoms with Gasteiger partial charge in [0.2, 0.25) is 5.91 Å². The Balaban J connectivity index is 1.49. The molecule has 2 heterocycles. The first-order chi connectivity index (χ1) is 15.9. The fourth-order valence-corrected chi connectivity index (χ4v) is 4.54. The number of nitrogens with zero attached hydrogens (tertiary/aromatic N) is 1. The third-order valence-electron chi connectivity index (χ3n) is 5.58. The standard InChI is InChI=1S/C23H21ClN4O4S/c24-15-11-12-16-18(21(30)28(16)19(15)22(31)32)26-20(29)17(13-7-3-1-4-8-13)27-23(33)25-14-9-5-2-6-10-14/h1-10,16-18H,11-12H2,(H,26,29)(H,31,32)(H2,25,27,33)/t16-,17?,18+/m1/s1. The summed E-state index contributed by atoms with van der Waals surface area (Å²) in [4.78, 5) is 38.7. The number of carboxylic acid groups (broad SMARTS) is 1. The number of thiocarbonyl (C=S) groups is 1. The van der Waals surface area contributed by atoms with Gasteiger partial charge in [-0.1, -0.05) is 60.1 Å². The number of hydrogen-bond acceptors (Lipinski definition) is 4. The lowest BCUT2D eigenvalue weighted by Gasteiger charge is -2.49. The molecule has 33 heavy (non-hydrogen) atoms. The van der Waals surface area contributed by atoms with Crippen molar-refractivity contribution >= 4 is 52.4 Å². The molecule has 2 aromatic carbocycles. The van der Waals surface area contributed by atoms with Crippen molar-refractivity contribution < 1.29 is 19.5 Å². The van der Waals surface area contributed by atoms with Crippen LogP contribution in [-0.2, 0) is 14.4 Å². The van der Waals surface area contributed by atoms with Gasteiger partial charge in [-0.3, -0.25) is 14.5 Å². The number of aliphatic carboxylic acids is 1. The first-order valence-corrected chi connectivity index (χ1v) is 11.1. The van der Waals surface area contributed by atoms with Crippen molar-refractivity contribution in [3.05, 3.63) is 77.0 Å². The average Bonchev–Trinajstić information content (AvgIpc) is 2.81. The fraction of sp³-hybridized carbons (Fsp3) is 0.217. The molecule has 1 unspecified atom stereocenters. The molecule has 0 aromatic heterocycles. The van der Waals surface area contributed by atoms with Crippen LogP contribution in [0.15, 0.2) is 71.4 Å². The van der Waals surface area contributed by atoms with E-state index in [1.165, 1.54) is 0 Å². The second-order valence-corrected chi connectivity index (χ2v) is 8.53. The smallest absolute Gasteiger partial charge is 0.353 e. The monoisotopic (exact) mass is 484 g/mol. The topological polar surface area (TPSA) is 111 Å². The van der Waals surface area contributed by atoms with Gasteiger partial charge in [-0.15, -0.1) is 0 Å². The molecule has 0 saturated carbocycles. The van der Waals surface area contributed by atoms with Gasteiger partial charge in [-0.2, -0.15) is 0 Å². The number of carbonyl (C=O) groups excluding carboxylic acids is 2. The number of para-hydroxylation sites is 1. The number of halogens is 1. The average molecular weight is 485 g/mol. The molecule has 2 amide bonds. The van der Waals surface area contributed by atoms with Crippen molar-refractivity contribution in [2.75, 3.05) is 5.32 Å². The zero-order valence-electron chi connectivity index (χ0n) is 17.3. The van der Waals surface area contributed by atoms with Gasteiger partial charge in [0, 0.05) is 10.7 Å². The summed E-state index contributed by atoms with van der Waals surface area (Å²) in [5, 5.41) is 18.6. The lowest BCUT2D eigenvalue weighted by atomic mass is 9.86. The number of anilines is 1. The van der Waals surface area contributed by atoms with E-state index in [2.05, 4.69) is 16.0 Å². The summed E-state index contributed by atoms with van der Waals surface area (Å²) < 4.78 is 0. The predicted molar refractivity (Wildman–Crippen MR) is 127 cm³/mol. The highest BCUT2D eigenvalue weighted by atomic mass is 35.5. The van der Waals surface area contributed by atoms with Crippen molar-refractivity contribution in [2.45, 2.75) is 31.0 Å². The van der Waals surface area contributed by atoms with Crippen LogP contribution in [0.25, 0.3) is 0 Å². The maximum Gasteiger partial charge on any atom is 0.353 e. The molecule has 0 bridgehead atoms. The highest BCUT2D eigenvalue weighted by molar-refractivity contribution is 7.80. The van der Waals surface area contributed by atoms with E-state index in [1.807, 2.05) is 36.4 Å². The van der Waals surface area contributed by atoms with Crippen molar-refractivity contribution in [2.24, 2.45) is 0 Å². The number of β-lactam (4-membered cyclic amide) rings is 1. The number of benzene rings is 2. The van der Waals surface area contributed by atoms with Crippen LogP contribution in [0.2, 0.25) is 0 Å². The Bertz CT molecular complexity index is 1130. The zero-order chi connectivity index (χ0) is 23.5. The van der Waals surface area contributed by atoms with Crippen LogP contribution < -0.4 is 16.0 Å². The summed E-state index contributed by atoms with van der Waals surface area (Å²) in [5.74, 6) is -2.21. The van der Waals surface area contributed by atoms with Crippen molar-refractivity contribution in [3.63, 3.8) is 0 Å². The van der Waals surface area contributed by atoms with Crippen LogP contribution >= 0.6 is 23.8 Å². The number of allylic oxidation sites excluding steroid dienone is 1. The van der Waals surface area contributed by atoms with Gasteiger partial charge in [0.25, 0.3) is 5.91 Å². The molecule has 3 atom stereocenters. The Morgan fingerprint density at radius 3 is 2.36 bits per heavy atom. The normalized spacial score (nSPS) is 20.3. The lowest BCUT2D eigenvalue weighted by Crippen LogP contribution is -2.72. The molecule has 0 aliphatic carbocycles. The number of carbonyl (C=O) groups is 3. The molecule has 4 N–H and O–H groups in total. The quantitative estimate of drug-likeness (QED) is 0.368. The fourth-order valence-electron chi connectivity index (χ4n) is 4.02. The van der Waals surface area contributed by atoms with Crippen LogP contribution in [-0.4, -0.2) is 45.0 Å². The van der Waals surface area contributed by atoms with Gasteiger partial charge in [-0.25, -0.2) is 4.79 Å². The van der Waals surface area contributed by atoms with E-state index >= 15 is 0 Å². The van der Waals surface area contributed by atoms with Gasteiger partial charge < -0.3 is 21.1 Å². The van der Waals surface area contributed by atoms with Crippen LogP contribution in [0.3, 0.4) is 0 Å². The third kappa shape index (κ3) is 4.69. The first-order valence-electron chi connectivity index (χ1n) is 10.3. The van der Waals surface area contributed by atoms with Crippen LogP contribution in [0.4, 0.5) is 5.69 Å². The van der Waals surface area contributed by atoms with Gasteiger partial charge >= 0.3 is 5.97 Å².